The third kappa shape index (κ3) is 5.12. The molecule has 0 fully saturated rings. The number of halogens is 6. The Kier molecular flexibility index (Phi) is 5.31. The lowest BCUT2D eigenvalue weighted by molar-refractivity contribution is -0.143. The third-order valence-corrected chi connectivity index (χ3v) is 3.95. The average Bonchev–Trinajstić information content (AvgIpc) is 2.51. The molecule has 0 amide bonds. The van der Waals surface area contributed by atoms with Crippen LogP contribution in [0.5, 0.6) is 0 Å². The van der Waals surface area contributed by atoms with E-state index < -0.39 is 29.4 Å². The molecule has 3 nitrogen and oxygen atoms in total. The van der Waals surface area contributed by atoms with E-state index in [2.05, 4.69) is 4.98 Å². The van der Waals surface area contributed by atoms with Crippen molar-refractivity contribution in [3.63, 3.8) is 0 Å². The molecular weight excluding hydrogens is 372 g/mol. The minimum absolute atomic E-state index is 0.0422. The molecule has 0 bridgehead atoms. The standard InChI is InChI=1S/C15H9F6NO2S/c16-14(17,18)9-3-8(4-10(5-9)15(19,20)21)12-2-1-11(6-22-12)25-7-13(23)24/h1-6H,7H2,(H,23,24). The molecule has 0 aliphatic carbocycles. The molecule has 1 aromatic heterocycles. The fourth-order valence-corrected chi connectivity index (χ4v) is 2.47. The smallest absolute Gasteiger partial charge is 0.416 e. The molecule has 2 aromatic rings. The van der Waals surface area contributed by atoms with Crippen LogP contribution < -0.4 is 0 Å². The van der Waals surface area contributed by atoms with Gasteiger partial charge in [0.25, 0.3) is 0 Å². The first-order chi connectivity index (χ1) is 11.5. The van der Waals surface area contributed by atoms with Crippen LogP contribution in [0.25, 0.3) is 11.3 Å². The molecule has 0 aliphatic rings. The Morgan fingerprint density at radius 2 is 1.56 bits per heavy atom. The normalized spacial score (nSPS) is 12.2. The molecule has 0 saturated carbocycles. The van der Waals surface area contributed by atoms with Crippen LogP contribution in [0.15, 0.2) is 41.4 Å². The minimum Gasteiger partial charge on any atom is -0.481 e. The first kappa shape index (κ1) is 19.1. The fourth-order valence-electron chi connectivity index (χ4n) is 1.88. The number of hydrogen-bond donors (Lipinski definition) is 1. The van der Waals surface area contributed by atoms with Crippen molar-refractivity contribution in [2.75, 3.05) is 5.75 Å². The van der Waals surface area contributed by atoms with E-state index in [1.807, 2.05) is 0 Å². The van der Waals surface area contributed by atoms with Gasteiger partial charge >= 0.3 is 18.3 Å². The van der Waals surface area contributed by atoms with Crippen LogP contribution in [0.4, 0.5) is 26.3 Å². The van der Waals surface area contributed by atoms with E-state index in [9.17, 15) is 31.1 Å². The van der Waals surface area contributed by atoms with Gasteiger partial charge in [0.2, 0.25) is 0 Å². The Morgan fingerprint density at radius 3 is 1.96 bits per heavy atom. The maximum Gasteiger partial charge on any atom is 0.416 e. The molecule has 0 aliphatic heterocycles. The monoisotopic (exact) mass is 381 g/mol. The molecule has 10 heteroatoms. The number of hydrogen-bond acceptors (Lipinski definition) is 3. The number of pyridine rings is 1. The maximum absolute atomic E-state index is 12.8. The number of carboxylic acids is 1. The van der Waals surface area contributed by atoms with Crippen molar-refractivity contribution < 1.29 is 36.2 Å². The predicted molar refractivity (Wildman–Crippen MR) is 78.0 cm³/mol. The predicted octanol–water partition coefficient (Wildman–Crippen LogP) is 4.96. The van der Waals surface area contributed by atoms with Gasteiger partial charge < -0.3 is 5.11 Å². The zero-order valence-electron chi connectivity index (χ0n) is 12.1. The summed E-state index contributed by atoms with van der Waals surface area (Å²) in [6, 6.07) is 3.83. The van der Waals surface area contributed by atoms with Crippen molar-refractivity contribution in [1.29, 1.82) is 0 Å². The van der Waals surface area contributed by atoms with Crippen molar-refractivity contribution in [3.05, 3.63) is 47.7 Å². The molecule has 25 heavy (non-hydrogen) atoms. The summed E-state index contributed by atoms with van der Waals surface area (Å²) in [5.74, 6) is -1.32. The van der Waals surface area contributed by atoms with Crippen molar-refractivity contribution in [2.45, 2.75) is 17.2 Å². The number of benzene rings is 1. The van der Waals surface area contributed by atoms with Gasteiger partial charge in [-0.25, -0.2) is 0 Å². The molecular formula is C15H9F6NO2S. The molecule has 1 aromatic carbocycles. The largest absolute Gasteiger partial charge is 0.481 e. The molecule has 134 valence electrons. The molecule has 0 atom stereocenters. The van der Waals surface area contributed by atoms with Crippen molar-refractivity contribution in [3.8, 4) is 11.3 Å². The first-order valence-corrected chi connectivity index (χ1v) is 7.56. The topological polar surface area (TPSA) is 50.2 Å². The van der Waals surface area contributed by atoms with Gasteiger partial charge in [-0.2, -0.15) is 26.3 Å². The van der Waals surface area contributed by atoms with Crippen LogP contribution in [0.3, 0.4) is 0 Å². The fraction of sp³-hybridized carbons (Fsp3) is 0.200. The summed E-state index contributed by atoms with van der Waals surface area (Å²) >= 11 is 0.925. The van der Waals surface area contributed by atoms with E-state index in [0.717, 1.165) is 11.8 Å². The van der Waals surface area contributed by atoms with Gasteiger partial charge in [0.05, 0.1) is 22.6 Å². The molecule has 0 saturated heterocycles. The third-order valence-electron chi connectivity index (χ3n) is 2.98. The number of rotatable bonds is 4. The van der Waals surface area contributed by atoms with E-state index in [0.29, 0.717) is 17.0 Å². The summed E-state index contributed by atoms with van der Waals surface area (Å²) in [7, 11) is 0. The minimum atomic E-state index is -4.94. The summed E-state index contributed by atoms with van der Waals surface area (Å²) in [4.78, 5) is 14.7. The van der Waals surface area contributed by atoms with Crippen LogP contribution in [0.2, 0.25) is 0 Å². The van der Waals surface area contributed by atoms with Gasteiger partial charge in [-0.15, -0.1) is 11.8 Å². The molecule has 1 heterocycles. The average molecular weight is 381 g/mol. The maximum atomic E-state index is 12.8. The van der Waals surface area contributed by atoms with E-state index in [-0.39, 0.29) is 23.1 Å². The van der Waals surface area contributed by atoms with Crippen LogP contribution in [0.1, 0.15) is 11.1 Å². The van der Waals surface area contributed by atoms with E-state index in [1.165, 1.54) is 18.3 Å². The number of carbonyl (C=O) groups is 1. The first-order valence-electron chi connectivity index (χ1n) is 6.57. The molecule has 2 rings (SSSR count). The zero-order chi connectivity index (χ0) is 18.8. The quantitative estimate of drug-likeness (QED) is 0.601. The number of alkyl halides is 6. The van der Waals surface area contributed by atoms with Crippen molar-refractivity contribution in [1.82, 2.24) is 4.98 Å². The molecule has 0 radical (unpaired) electrons. The van der Waals surface area contributed by atoms with Gasteiger partial charge in [0.15, 0.2) is 0 Å². The molecule has 1 N–H and O–H groups in total. The van der Waals surface area contributed by atoms with Crippen LogP contribution in [-0.4, -0.2) is 21.8 Å². The Bertz CT molecular complexity index is 739. The van der Waals surface area contributed by atoms with Crippen molar-refractivity contribution in [2.24, 2.45) is 0 Å². The van der Waals surface area contributed by atoms with Crippen LogP contribution in [-0.2, 0) is 17.1 Å². The zero-order valence-corrected chi connectivity index (χ0v) is 13.0. The Balaban J connectivity index is 2.42. The lowest BCUT2D eigenvalue weighted by Gasteiger charge is -2.14. The summed E-state index contributed by atoms with van der Waals surface area (Å²) in [5.41, 5.74) is -3.28. The van der Waals surface area contributed by atoms with Gasteiger partial charge in [-0.3, -0.25) is 9.78 Å². The van der Waals surface area contributed by atoms with Gasteiger partial charge in [0, 0.05) is 16.7 Å². The second kappa shape index (κ2) is 6.95. The summed E-state index contributed by atoms with van der Waals surface area (Å²) in [6.45, 7) is 0. The number of thioether (sulfide) groups is 1. The van der Waals surface area contributed by atoms with Gasteiger partial charge in [-0.1, -0.05) is 0 Å². The second-order valence-corrected chi connectivity index (χ2v) is 5.90. The van der Waals surface area contributed by atoms with Gasteiger partial charge in [0.1, 0.15) is 0 Å². The Morgan fingerprint density at radius 1 is 1.00 bits per heavy atom. The highest BCUT2D eigenvalue weighted by Gasteiger charge is 2.37. The highest BCUT2D eigenvalue weighted by molar-refractivity contribution is 8.00. The molecule has 0 spiro atoms. The highest BCUT2D eigenvalue weighted by Crippen LogP contribution is 2.38. The van der Waals surface area contributed by atoms with E-state index >= 15 is 0 Å². The number of aliphatic carboxylic acids is 1. The number of carboxylic acid groups (broad SMARTS) is 1. The van der Waals surface area contributed by atoms with Crippen LogP contribution in [0, 0.1) is 0 Å². The second-order valence-electron chi connectivity index (χ2n) is 4.86. The highest BCUT2D eigenvalue weighted by atomic mass is 32.2. The van der Waals surface area contributed by atoms with Crippen molar-refractivity contribution >= 4 is 17.7 Å². The molecule has 0 unspecified atom stereocenters. The number of aromatic nitrogens is 1. The van der Waals surface area contributed by atoms with Crippen LogP contribution >= 0.6 is 11.8 Å². The van der Waals surface area contributed by atoms with E-state index in [4.69, 9.17) is 5.11 Å². The number of nitrogens with zero attached hydrogens (tertiary/aromatic N) is 1. The lowest BCUT2D eigenvalue weighted by Crippen LogP contribution is -2.11. The lowest BCUT2D eigenvalue weighted by atomic mass is 10.0. The summed E-state index contributed by atoms with van der Waals surface area (Å²) in [6.07, 6.45) is -8.68. The Hall–Kier alpha value is -2.23. The van der Waals surface area contributed by atoms with E-state index in [1.54, 1.807) is 0 Å². The Labute approximate surface area is 141 Å². The SMILES string of the molecule is O=C(O)CSc1ccc(-c2cc(C(F)(F)F)cc(C(F)(F)F)c2)nc1. The summed E-state index contributed by atoms with van der Waals surface area (Å²) < 4.78 is 77.1. The van der Waals surface area contributed by atoms with Gasteiger partial charge in [-0.05, 0) is 30.3 Å². The summed E-state index contributed by atoms with van der Waals surface area (Å²) in [5, 5.41) is 8.57.